The summed E-state index contributed by atoms with van der Waals surface area (Å²) in [5.41, 5.74) is 0.790. The number of esters is 1. The first-order chi connectivity index (χ1) is 11.6. The Labute approximate surface area is 150 Å². The number of anilines is 1. The first-order valence-corrected chi connectivity index (χ1v) is 8.58. The normalized spacial score (nSPS) is 19.4. The smallest absolute Gasteiger partial charge is 0.492 e. The molecular formula is C18H28BNO5. The molecule has 0 saturated carbocycles. The number of carbonyl (C=O) groups excluding carboxylic acids is 1. The number of rotatable bonds is 6. The molecule has 1 fully saturated rings. The average Bonchev–Trinajstić information content (AvgIpc) is 2.76. The molecule has 7 heteroatoms. The molecule has 0 unspecified atom stereocenters. The van der Waals surface area contributed by atoms with Crippen molar-refractivity contribution in [3.8, 4) is 5.75 Å². The van der Waals surface area contributed by atoms with Crippen molar-refractivity contribution in [2.24, 2.45) is 0 Å². The van der Waals surface area contributed by atoms with Crippen LogP contribution >= 0.6 is 0 Å². The van der Waals surface area contributed by atoms with Crippen molar-refractivity contribution in [2.45, 2.75) is 58.8 Å². The molecule has 6 nitrogen and oxygen atoms in total. The van der Waals surface area contributed by atoms with Gasteiger partial charge in [0.15, 0.2) is 0 Å². The summed E-state index contributed by atoms with van der Waals surface area (Å²) in [6.45, 7) is 12.2. The third-order valence-corrected chi connectivity index (χ3v) is 4.76. The van der Waals surface area contributed by atoms with Gasteiger partial charge in [-0.3, -0.25) is 0 Å². The lowest BCUT2D eigenvalue weighted by Crippen LogP contribution is -2.41. The molecule has 1 aromatic rings. The third kappa shape index (κ3) is 4.10. The van der Waals surface area contributed by atoms with Crippen LogP contribution in [0, 0.1) is 0 Å². The Kier molecular flexibility index (Phi) is 5.69. The fourth-order valence-electron chi connectivity index (χ4n) is 2.53. The average molecular weight is 349 g/mol. The molecule has 1 aliphatic rings. The quantitative estimate of drug-likeness (QED) is 0.628. The SMILES string of the molecule is CCOc1cc(B2OC(C)(C)C(C)(C)O2)ccc1N[C@@H](C)C(=O)OC. The van der Waals surface area contributed by atoms with Crippen molar-refractivity contribution in [3.05, 3.63) is 18.2 Å². The number of nitrogens with one attached hydrogen (secondary N) is 1. The minimum absolute atomic E-state index is 0.336. The van der Waals surface area contributed by atoms with Crippen molar-refractivity contribution in [1.82, 2.24) is 0 Å². The second-order valence-corrected chi connectivity index (χ2v) is 7.17. The van der Waals surface area contributed by atoms with Crippen molar-refractivity contribution < 1.29 is 23.6 Å². The van der Waals surface area contributed by atoms with Crippen molar-refractivity contribution in [1.29, 1.82) is 0 Å². The second kappa shape index (κ2) is 7.26. The number of carbonyl (C=O) groups is 1. The van der Waals surface area contributed by atoms with E-state index in [1.54, 1.807) is 6.92 Å². The first kappa shape index (κ1) is 19.6. The molecule has 0 aromatic heterocycles. The highest BCUT2D eigenvalue weighted by Gasteiger charge is 2.51. The molecule has 0 radical (unpaired) electrons. The van der Waals surface area contributed by atoms with E-state index in [4.69, 9.17) is 18.8 Å². The van der Waals surface area contributed by atoms with E-state index < -0.39 is 24.4 Å². The van der Waals surface area contributed by atoms with Crippen molar-refractivity contribution in [3.63, 3.8) is 0 Å². The molecule has 2 rings (SSSR count). The molecule has 1 heterocycles. The molecule has 1 saturated heterocycles. The fourth-order valence-corrected chi connectivity index (χ4v) is 2.53. The Morgan fingerprint density at radius 1 is 1.24 bits per heavy atom. The summed E-state index contributed by atoms with van der Waals surface area (Å²) in [6, 6.07) is 5.19. The zero-order valence-electron chi connectivity index (χ0n) is 16.1. The van der Waals surface area contributed by atoms with E-state index in [-0.39, 0.29) is 5.97 Å². The highest BCUT2D eigenvalue weighted by molar-refractivity contribution is 6.62. The Bertz CT molecular complexity index is 616. The Balaban J connectivity index is 2.26. The van der Waals surface area contributed by atoms with E-state index in [0.717, 1.165) is 11.2 Å². The van der Waals surface area contributed by atoms with Crippen LogP contribution in [0.15, 0.2) is 18.2 Å². The van der Waals surface area contributed by atoms with E-state index in [2.05, 4.69) is 5.32 Å². The van der Waals surface area contributed by atoms with Crippen LogP contribution in [-0.4, -0.2) is 44.0 Å². The van der Waals surface area contributed by atoms with Gasteiger partial charge in [0.2, 0.25) is 0 Å². The van der Waals surface area contributed by atoms with Crippen LogP contribution in [0.2, 0.25) is 0 Å². The standard InChI is InChI=1S/C18H28BNO5/c1-8-23-15-11-13(19-24-17(3,4)18(5,6)25-19)9-10-14(15)20-12(2)16(21)22-7/h9-12,20H,8H2,1-7H3/t12-/m0/s1. The maximum atomic E-state index is 11.6. The van der Waals surface area contributed by atoms with Crippen molar-refractivity contribution in [2.75, 3.05) is 19.0 Å². The Morgan fingerprint density at radius 2 is 1.84 bits per heavy atom. The topological polar surface area (TPSA) is 66.0 Å². The van der Waals surface area contributed by atoms with Gasteiger partial charge in [0.25, 0.3) is 0 Å². The highest BCUT2D eigenvalue weighted by atomic mass is 16.7. The van der Waals surface area contributed by atoms with Crippen LogP contribution in [-0.2, 0) is 18.8 Å². The Hall–Kier alpha value is -1.73. The van der Waals surface area contributed by atoms with Gasteiger partial charge in [0.1, 0.15) is 11.8 Å². The molecule has 0 spiro atoms. The molecule has 138 valence electrons. The number of methoxy groups -OCH3 is 1. The van der Waals surface area contributed by atoms with Gasteiger partial charge in [-0.15, -0.1) is 0 Å². The zero-order chi connectivity index (χ0) is 18.8. The first-order valence-electron chi connectivity index (χ1n) is 8.58. The molecule has 0 amide bonds. The van der Waals surface area contributed by atoms with Gasteiger partial charge >= 0.3 is 13.1 Å². The number of benzene rings is 1. The monoisotopic (exact) mass is 349 g/mol. The molecule has 1 aromatic carbocycles. The molecule has 1 aliphatic heterocycles. The predicted octanol–water partition coefficient (Wildman–Crippen LogP) is 2.36. The maximum absolute atomic E-state index is 11.6. The second-order valence-electron chi connectivity index (χ2n) is 7.17. The fraction of sp³-hybridized carbons (Fsp3) is 0.611. The van der Waals surface area contributed by atoms with Crippen LogP contribution in [0.5, 0.6) is 5.75 Å². The number of ether oxygens (including phenoxy) is 2. The summed E-state index contributed by atoms with van der Waals surface area (Å²) in [6.07, 6.45) is 0. The van der Waals surface area contributed by atoms with Crippen LogP contribution in [0.25, 0.3) is 0 Å². The van der Waals surface area contributed by atoms with Crippen LogP contribution in [0.1, 0.15) is 41.5 Å². The summed E-state index contributed by atoms with van der Waals surface area (Å²) in [5.74, 6) is 0.308. The van der Waals surface area contributed by atoms with E-state index in [1.807, 2.05) is 52.8 Å². The van der Waals surface area contributed by atoms with Crippen LogP contribution < -0.4 is 15.5 Å². The summed E-state index contributed by atoms with van der Waals surface area (Å²) in [5, 5.41) is 3.12. The molecule has 1 atom stereocenters. The molecule has 1 N–H and O–H groups in total. The van der Waals surface area contributed by atoms with Gasteiger partial charge in [-0.1, -0.05) is 6.07 Å². The van der Waals surface area contributed by atoms with Gasteiger partial charge < -0.3 is 24.1 Å². The minimum Gasteiger partial charge on any atom is -0.492 e. The van der Waals surface area contributed by atoms with Gasteiger partial charge in [-0.05, 0) is 59.1 Å². The molecule has 0 aliphatic carbocycles. The minimum atomic E-state index is -0.480. The summed E-state index contributed by atoms with van der Waals surface area (Å²) >= 11 is 0. The van der Waals surface area contributed by atoms with Crippen molar-refractivity contribution >= 4 is 24.2 Å². The zero-order valence-corrected chi connectivity index (χ0v) is 16.1. The third-order valence-electron chi connectivity index (χ3n) is 4.76. The maximum Gasteiger partial charge on any atom is 0.494 e. The summed E-state index contributed by atoms with van der Waals surface area (Å²) < 4.78 is 22.7. The van der Waals surface area contributed by atoms with Crippen LogP contribution in [0.4, 0.5) is 5.69 Å². The number of hydrogen-bond donors (Lipinski definition) is 1. The molecular weight excluding hydrogens is 321 g/mol. The lowest BCUT2D eigenvalue weighted by Gasteiger charge is -2.32. The lowest BCUT2D eigenvalue weighted by molar-refractivity contribution is -0.141. The van der Waals surface area contributed by atoms with Crippen LogP contribution in [0.3, 0.4) is 0 Å². The highest BCUT2D eigenvalue weighted by Crippen LogP contribution is 2.37. The van der Waals surface area contributed by atoms with Gasteiger partial charge in [0.05, 0.1) is 30.6 Å². The van der Waals surface area contributed by atoms with E-state index >= 15 is 0 Å². The lowest BCUT2D eigenvalue weighted by atomic mass is 9.79. The van der Waals surface area contributed by atoms with Gasteiger partial charge in [-0.25, -0.2) is 4.79 Å². The molecule has 25 heavy (non-hydrogen) atoms. The molecule has 0 bridgehead atoms. The van der Waals surface area contributed by atoms with Gasteiger partial charge in [0, 0.05) is 0 Å². The van der Waals surface area contributed by atoms with E-state index in [1.165, 1.54) is 7.11 Å². The van der Waals surface area contributed by atoms with E-state index in [9.17, 15) is 4.79 Å². The number of hydrogen-bond acceptors (Lipinski definition) is 6. The van der Waals surface area contributed by atoms with Gasteiger partial charge in [-0.2, -0.15) is 0 Å². The Morgan fingerprint density at radius 3 is 2.36 bits per heavy atom. The van der Waals surface area contributed by atoms with E-state index in [0.29, 0.717) is 12.4 Å². The largest absolute Gasteiger partial charge is 0.494 e. The summed E-state index contributed by atoms with van der Waals surface area (Å²) in [7, 11) is 0.905. The predicted molar refractivity (Wildman–Crippen MR) is 98.4 cm³/mol. The summed E-state index contributed by atoms with van der Waals surface area (Å²) in [4.78, 5) is 11.6.